The summed E-state index contributed by atoms with van der Waals surface area (Å²) in [6.07, 6.45) is 1.77. The number of nitrogens with one attached hydrogen (secondary N) is 1. The number of carbonyl (C=O) groups is 1. The summed E-state index contributed by atoms with van der Waals surface area (Å²) in [6, 6.07) is 13.6. The van der Waals surface area contributed by atoms with E-state index in [0.717, 1.165) is 27.5 Å². The number of carbonyl (C=O) groups excluding carboxylic acids is 1. The molecule has 31 heavy (non-hydrogen) atoms. The minimum Gasteiger partial charge on any atom is -0.300 e. The van der Waals surface area contributed by atoms with Gasteiger partial charge in [-0.15, -0.1) is 10.2 Å². The zero-order valence-electron chi connectivity index (χ0n) is 16.6. The lowest BCUT2D eigenvalue weighted by Gasteiger charge is -2.13. The zero-order chi connectivity index (χ0) is 22.0. The number of halogens is 2. The first-order valence-electron chi connectivity index (χ1n) is 9.23. The fourth-order valence-electron chi connectivity index (χ4n) is 2.87. The van der Waals surface area contributed by atoms with E-state index in [1.54, 1.807) is 12.3 Å². The molecule has 158 valence electrons. The molecule has 0 aliphatic rings. The summed E-state index contributed by atoms with van der Waals surface area (Å²) in [7, 11) is 0. The lowest BCUT2D eigenvalue weighted by molar-refractivity contribution is -0.113. The average Bonchev–Trinajstić information content (AvgIpc) is 3.35. The van der Waals surface area contributed by atoms with Crippen LogP contribution >= 0.6 is 46.3 Å². The lowest BCUT2D eigenvalue weighted by Crippen LogP contribution is -2.14. The highest BCUT2D eigenvalue weighted by Crippen LogP contribution is 2.33. The number of benzene rings is 2. The number of thioether (sulfide) groups is 1. The Hall–Kier alpha value is -2.39. The van der Waals surface area contributed by atoms with Gasteiger partial charge in [-0.3, -0.25) is 14.7 Å². The van der Waals surface area contributed by atoms with Crippen LogP contribution in [0.4, 0.5) is 5.13 Å². The Morgan fingerprint density at radius 2 is 1.87 bits per heavy atom. The van der Waals surface area contributed by atoms with Gasteiger partial charge in [0.15, 0.2) is 5.16 Å². The second-order valence-corrected chi connectivity index (χ2v) is 9.63. The summed E-state index contributed by atoms with van der Waals surface area (Å²) >= 11 is 15.0. The van der Waals surface area contributed by atoms with Crippen molar-refractivity contribution >= 4 is 57.3 Å². The van der Waals surface area contributed by atoms with Crippen LogP contribution in [-0.2, 0) is 4.79 Å². The molecule has 0 fully saturated rings. The predicted molar refractivity (Wildman–Crippen MR) is 128 cm³/mol. The first-order valence-corrected chi connectivity index (χ1v) is 11.8. The van der Waals surface area contributed by atoms with Gasteiger partial charge in [0.05, 0.1) is 27.7 Å². The maximum atomic E-state index is 12.4. The molecular formula is C21H17Cl2N5OS2. The normalized spacial score (nSPS) is 11.0. The molecule has 10 heteroatoms. The third-order valence-corrected chi connectivity index (χ3v) is 6.79. The van der Waals surface area contributed by atoms with Crippen LogP contribution < -0.4 is 5.32 Å². The number of imidazole rings is 1. The number of amides is 1. The molecule has 1 N–H and O–H groups in total. The highest BCUT2D eigenvalue weighted by molar-refractivity contribution is 7.99. The van der Waals surface area contributed by atoms with Gasteiger partial charge in [0.2, 0.25) is 11.0 Å². The number of rotatable bonds is 6. The minimum absolute atomic E-state index is 0.171. The summed E-state index contributed by atoms with van der Waals surface area (Å²) in [4.78, 5) is 17.0. The van der Waals surface area contributed by atoms with Crippen molar-refractivity contribution in [3.8, 4) is 16.9 Å². The summed E-state index contributed by atoms with van der Waals surface area (Å²) in [6.45, 7) is 3.87. The first kappa shape index (κ1) is 21.8. The van der Waals surface area contributed by atoms with E-state index < -0.39 is 0 Å². The molecule has 2 heterocycles. The fourth-order valence-corrected chi connectivity index (χ4v) is 4.57. The van der Waals surface area contributed by atoms with Gasteiger partial charge in [0, 0.05) is 11.3 Å². The van der Waals surface area contributed by atoms with Gasteiger partial charge in [-0.25, -0.2) is 4.98 Å². The molecule has 0 spiro atoms. The van der Waals surface area contributed by atoms with Crippen LogP contribution in [0.1, 0.15) is 10.6 Å². The fraction of sp³-hybridized carbons (Fsp3) is 0.143. The highest BCUT2D eigenvalue weighted by Gasteiger charge is 2.17. The van der Waals surface area contributed by atoms with Crippen LogP contribution in [0.15, 0.2) is 53.8 Å². The van der Waals surface area contributed by atoms with Gasteiger partial charge in [0.1, 0.15) is 5.01 Å². The number of nitrogens with zero attached hydrogens (tertiary/aromatic N) is 4. The first-order chi connectivity index (χ1) is 14.9. The van der Waals surface area contributed by atoms with Crippen molar-refractivity contribution in [1.82, 2.24) is 19.7 Å². The van der Waals surface area contributed by atoms with Gasteiger partial charge in [-0.2, -0.15) is 0 Å². The Bertz CT molecular complexity index is 1240. The predicted octanol–water partition coefficient (Wildman–Crippen LogP) is 6.05. The average molecular weight is 490 g/mol. The Morgan fingerprint density at radius 3 is 2.55 bits per heavy atom. The number of aryl methyl sites for hydroxylation is 2. The van der Waals surface area contributed by atoms with Crippen molar-refractivity contribution < 1.29 is 4.79 Å². The molecule has 6 nitrogen and oxygen atoms in total. The molecule has 0 radical (unpaired) electrons. The van der Waals surface area contributed by atoms with Crippen molar-refractivity contribution in [3.63, 3.8) is 0 Å². The van der Waals surface area contributed by atoms with Crippen LogP contribution in [0, 0.1) is 13.8 Å². The van der Waals surface area contributed by atoms with Crippen LogP contribution in [0.3, 0.4) is 0 Å². The molecule has 1 amide bonds. The van der Waals surface area contributed by atoms with Crippen molar-refractivity contribution in [2.45, 2.75) is 19.0 Å². The quantitative estimate of drug-likeness (QED) is 0.334. The van der Waals surface area contributed by atoms with E-state index >= 15 is 0 Å². The van der Waals surface area contributed by atoms with Crippen molar-refractivity contribution in [3.05, 3.63) is 69.3 Å². The second-order valence-electron chi connectivity index (χ2n) is 6.69. The standard InChI is InChI=1S/C21H17Cl2N5OS2/c1-12-3-6-15(7-4-12)28-18(14-5-8-16(22)17(23)9-14)10-24-21(28)30-11-19(29)25-20-27-26-13(2)31-20/h3-10H,11H2,1-2H3,(H,25,27,29). The minimum atomic E-state index is -0.171. The van der Waals surface area contributed by atoms with Crippen molar-refractivity contribution in [2.24, 2.45) is 0 Å². The molecule has 0 unspecified atom stereocenters. The van der Waals surface area contributed by atoms with Crippen molar-refractivity contribution in [1.29, 1.82) is 0 Å². The molecule has 4 aromatic rings. The van der Waals surface area contributed by atoms with Crippen molar-refractivity contribution in [2.75, 3.05) is 11.1 Å². The highest BCUT2D eigenvalue weighted by atomic mass is 35.5. The molecule has 2 aromatic heterocycles. The van der Waals surface area contributed by atoms with Crippen LogP contribution in [0.25, 0.3) is 16.9 Å². The summed E-state index contributed by atoms with van der Waals surface area (Å²) < 4.78 is 2.01. The third-order valence-electron chi connectivity index (χ3n) is 4.34. The zero-order valence-corrected chi connectivity index (χ0v) is 19.7. The Kier molecular flexibility index (Phi) is 6.62. The molecule has 0 atom stereocenters. The Labute approximate surface area is 197 Å². The largest absolute Gasteiger partial charge is 0.300 e. The van der Waals surface area contributed by atoms with E-state index in [1.807, 2.05) is 54.8 Å². The number of hydrogen-bond donors (Lipinski definition) is 1. The summed E-state index contributed by atoms with van der Waals surface area (Å²) in [5.74, 6) is 0.0122. The number of anilines is 1. The maximum absolute atomic E-state index is 12.4. The molecule has 0 bridgehead atoms. The van der Waals surface area contributed by atoms with Gasteiger partial charge in [0.25, 0.3) is 0 Å². The van der Waals surface area contributed by atoms with E-state index in [2.05, 4.69) is 20.5 Å². The third kappa shape index (κ3) is 5.10. The van der Waals surface area contributed by atoms with E-state index in [9.17, 15) is 4.79 Å². The number of aromatic nitrogens is 4. The van der Waals surface area contributed by atoms with Gasteiger partial charge >= 0.3 is 0 Å². The summed E-state index contributed by atoms with van der Waals surface area (Å²) in [5.41, 5.74) is 3.82. The molecule has 0 aliphatic carbocycles. The van der Waals surface area contributed by atoms with Gasteiger partial charge in [-0.05, 0) is 38.1 Å². The SMILES string of the molecule is Cc1ccc(-n2c(-c3ccc(Cl)c(Cl)c3)cnc2SCC(=O)Nc2nnc(C)s2)cc1. The Morgan fingerprint density at radius 1 is 1.10 bits per heavy atom. The van der Waals surface area contributed by atoms with E-state index in [0.29, 0.717) is 20.3 Å². The molecule has 4 rings (SSSR count). The molecule has 0 saturated carbocycles. The van der Waals surface area contributed by atoms with Crippen LogP contribution in [0.2, 0.25) is 10.0 Å². The second kappa shape index (κ2) is 9.40. The van der Waals surface area contributed by atoms with Crippen LogP contribution in [0.5, 0.6) is 0 Å². The van der Waals surface area contributed by atoms with Gasteiger partial charge < -0.3 is 0 Å². The van der Waals surface area contributed by atoms with Crippen LogP contribution in [-0.4, -0.2) is 31.4 Å². The molecule has 0 aliphatic heterocycles. The molecule has 2 aromatic carbocycles. The van der Waals surface area contributed by atoms with E-state index in [1.165, 1.54) is 23.1 Å². The van der Waals surface area contributed by atoms with Gasteiger partial charge in [-0.1, -0.05) is 70.1 Å². The van der Waals surface area contributed by atoms with E-state index in [4.69, 9.17) is 23.2 Å². The lowest BCUT2D eigenvalue weighted by atomic mass is 10.1. The Balaban J connectivity index is 1.64. The molecular weight excluding hydrogens is 473 g/mol. The molecule has 0 saturated heterocycles. The summed E-state index contributed by atoms with van der Waals surface area (Å²) in [5, 5.41) is 13.5. The maximum Gasteiger partial charge on any atom is 0.236 e. The topological polar surface area (TPSA) is 72.7 Å². The monoisotopic (exact) mass is 489 g/mol. The smallest absolute Gasteiger partial charge is 0.236 e. The van der Waals surface area contributed by atoms with E-state index in [-0.39, 0.29) is 11.7 Å². The number of hydrogen-bond acceptors (Lipinski definition) is 6.